The highest BCUT2D eigenvalue weighted by Crippen LogP contribution is 2.36. The van der Waals surface area contributed by atoms with Gasteiger partial charge in [0.15, 0.2) is 0 Å². The normalized spacial score (nSPS) is 26.8. The predicted molar refractivity (Wildman–Crippen MR) is 61.8 cm³/mol. The van der Waals surface area contributed by atoms with Crippen LogP contribution in [0.15, 0.2) is 12.3 Å². The molecule has 1 aliphatic carbocycles. The molecule has 15 heavy (non-hydrogen) atoms. The van der Waals surface area contributed by atoms with E-state index in [2.05, 4.69) is 30.6 Å². The SMILES string of the molecule is CNCC1CCCCC1c1ccnn1C. The first-order chi connectivity index (χ1) is 7.33. The van der Waals surface area contributed by atoms with E-state index in [4.69, 9.17) is 0 Å². The van der Waals surface area contributed by atoms with E-state index >= 15 is 0 Å². The highest BCUT2D eigenvalue weighted by molar-refractivity contribution is 5.10. The van der Waals surface area contributed by atoms with E-state index in [1.54, 1.807) is 0 Å². The monoisotopic (exact) mass is 207 g/mol. The summed E-state index contributed by atoms with van der Waals surface area (Å²) in [6.45, 7) is 1.13. The fourth-order valence-corrected chi connectivity index (χ4v) is 2.85. The average molecular weight is 207 g/mol. The van der Waals surface area contributed by atoms with E-state index < -0.39 is 0 Å². The molecule has 1 aromatic rings. The fraction of sp³-hybridized carbons (Fsp3) is 0.750. The van der Waals surface area contributed by atoms with Crippen LogP contribution in [0, 0.1) is 5.92 Å². The van der Waals surface area contributed by atoms with Gasteiger partial charge in [0.05, 0.1) is 0 Å². The Balaban J connectivity index is 2.14. The first kappa shape index (κ1) is 10.7. The highest BCUT2D eigenvalue weighted by Gasteiger charge is 2.27. The molecule has 1 aliphatic rings. The third-order valence-electron chi connectivity index (χ3n) is 3.61. The molecule has 0 bridgehead atoms. The lowest BCUT2D eigenvalue weighted by Crippen LogP contribution is -2.28. The van der Waals surface area contributed by atoms with Crippen LogP contribution in [-0.4, -0.2) is 23.4 Å². The van der Waals surface area contributed by atoms with Gasteiger partial charge in [0.2, 0.25) is 0 Å². The second-order valence-corrected chi connectivity index (χ2v) is 4.59. The zero-order valence-corrected chi connectivity index (χ0v) is 9.74. The average Bonchev–Trinajstić information content (AvgIpc) is 2.66. The standard InChI is InChI=1S/C12H21N3/c1-13-9-10-5-3-4-6-11(10)12-7-8-14-15(12)2/h7-8,10-11,13H,3-6,9H2,1-2H3. The Bertz CT molecular complexity index is 304. The molecule has 0 aromatic carbocycles. The maximum Gasteiger partial charge on any atom is 0.0492 e. The van der Waals surface area contributed by atoms with Crippen LogP contribution in [-0.2, 0) is 7.05 Å². The van der Waals surface area contributed by atoms with Crippen molar-refractivity contribution >= 4 is 0 Å². The molecule has 84 valence electrons. The molecule has 1 fully saturated rings. The number of aromatic nitrogens is 2. The van der Waals surface area contributed by atoms with Crippen molar-refractivity contribution in [2.24, 2.45) is 13.0 Å². The molecular formula is C12H21N3. The molecule has 1 saturated carbocycles. The molecule has 0 aliphatic heterocycles. The summed E-state index contributed by atoms with van der Waals surface area (Å²) in [5, 5.41) is 7.60. The van der Waals surface area contributed by atoms with Gasteiger partial charge in [-0.3, -0.25) is 4.68 Å². The zero-order chi connectivity index (χ0) is 10.7. The van der Waals surface area contributed by atoms with E-state index in [-0.39, 0.29) is 0 Å². The van der Waals surface area contributed by atoms with Crippen LogP contribution in [0.3, 0.4) is 0 Å². The number of rotatable bonds is 3. The third-order valence-corrected chi connectivity index (χ3v) is 3.61. The second kappa shape index (κ2) is 4.79. The molecule has 2 rings (SSSR count). The Morgan fingerprint density at radius 1 is 1.47 bits per heavy atom. The maximum atomic E-state index is 4.28. The molecule has 0 amide bonds. The molecule has 1 heterocycles. The second-order valence-electron chi connectivity index (χ2n) is 4.59. The van der Waals surface area contributed by atoms with Crippen LogP contribution >= 0.6 is 0 Å². The van der Waals surface area contributed by atoms with Crippen LogP contribution in [0.2, 0.25) is 0 Å². The van der Waals surface area contributed by atoms with Gasteiger partial charge in [0.25, 0.3) is 0 Å². The van der Waals surface area contributed by atoms with E-state index in [1.165, 1.54) is 31.4 Å². The number of nitrogens with one attached hydrogen (secondary N) is 1. The summed E-state index contributed by atoms with van der Waals surface area (Å²) in [6.07, 6.45) is 7.36. The Hall–Kier alpha value is -0.830. The smallest absolute Gasteiger partial charge is 0.0492 e. The van der Waals surface area contributed by atoms with E-state index in [0.29, 0.717) is 5.92 Å². The maximum absolute atomic E-state index is 4.28. The quantitative estimate of drug-likeness (QED) is 0.820. The molecule has 3 nitrogen and oxygen atoms in total. The van der Waals surface area contributed by atoms with Crippen molar-refractivity contribution in [3.63, 3.8) is 0 Å². The van der Waals surface area contributed by atoms with Gasteiger partial charge >= 0.3 is 0 Å². The summed E-state index contributed by atoms with van der Waals surface area (Å²) in [5.74, 6) is 1.50. The van der Waals surface area contributed by atoms with Crippen molar-refractivity contribution in [3.05, 3.63) is 18.0 Å². The number of hydrogen-bond acceptors (Lipinski definition) is 2. The minimum Gasteiger partial charge on any atom is -0.319 e. The Morgan fingerprint density at radius 2 is 2.27 bits per heavy atom. The third kappa shape index (κ3) is 2.23. The van der Waals surface area contributed by atoms with Gasteiger partial charge in [-0.15, -0.1) is 0 Å². The Labute approximate surface area is 91.9 Å². The van der Waals surface area contributed by atoms with Crippen LogP contribution in [0.4, 0.5) is 0 Å². The molecule has 0 radical (unpaired) electrons. The molecule has 0 saturated heterocycles. The van der Waals surface area contributed by atoms with Crippen molar-refractivity contribution < 1.29 is 0 Å². The molecule has 1 N–H and O–H groups in total. The van der Waals surface area contributed by atoms with Gasteiger partial charge < -0.3 is 5.32 Å². The summed E-state index contributed by atoms with van der Waals surface area (Å²) >= 11 is 0. The number of aryl methyl sites for hydroxylation is 1. The van der Waals surface area contributed by atoms with E-state index in [0.717, 1.165) is 12.5 Å². The topological polar surface area (TPSA) is 29.9 Å². The van der Waals surface area contributed by atoms with Crippen LogP contribution in [0.1, 0.15) is 37.3 Å². The minimum absolute atomic E-state index is 0.707. The number of hydrogen-bond donors (Lipinski definition) is 1. The van der Waals surface area contributed by atoms with Gasteiger partial charge in [-0.25, -0.2) is 0 Å². The van der Waals surface area contributed by atoms with Crippen molar-refractivity contribution in [2.45, 2.75) is 31.6 Å². The Kier molecular flexibility index (Phi) is 3.41. The Morgan fingerprint density at radius 3 is 2.93 bits per heavy atom. The van der Waals surface area contributed by atoms with Crippen LogP contribution < -0.4 is 5.32 Å². The van der Waals surface area contributed by atoms with Crippen molar-refractivity contribution in [2.75, 3.05) is 13.6 Å². The van der Waals surface area contributed by atoms with Crippen molar-refractivity contribution in [1.82, 2.24) is 15.1 Å². The van der Waals surface area contributed by atoms with Gasteiger partial charge in [0, 0.05) is 24.9 Å². The number of nitrogens with zero attached hydrogens (tertiary/aromatic N) is 2. The lowest BCUT2D eigenvalue weighted by molar-refractivity contribution is 0.291. The molecule has 2 unspecified atom stereocenters. The van der Waals surface area contributed by atoms with Crippen LogP contribution in [0.5, 0.6) is 0 Å². The fourth-order valence-electron chi connectivity index (χ4n) is 2.85. The summed E-state index contributed by atoms with van der Waals surface area (Å²) in [5.41, 5.74) is 1.41. The van der Waals surface area contributed by atoms with Gasteiger partial charge in [-0.2, -0.15) is 5.10 Å². The zero-order valence-electron chi connectivity index (χ0n) is 9.74. The van der Waals surface area contributed by atoms with E-state index in [1.807, 2.05) is 10.9 Å². The largest absolute Gasteiger partial charge is 0.319 e. The van der Waals surface area contributed by atoms with Gasteiger partial charge in [0.1, 0.15) is 0 Å². The lowest BCUT2D eigenvalue weighted by Gasteiger charge is -2.31. The summed E-state index contributed by atoms with van der Waals surface area (Å²) in [4.78, 5) is 0. The summed E-state index contributed by atoms with van der Waals surface area (Å²) in [6, 6.07) is 2.18. The first-order valence-corrected chi connectivity index (χ1v) is 5.95. The van der Waals surface area contributed by atoms with Gasteiger partial charge in [-0.1, -0.05) is 12.8 Å². The van der Waals surface area contributed by atoms with Crippen molar-refractivity contribution in [1.29, 1.82) is 0 Å². The van der Waals surface area contributed by atoms with Gasteiger partial charge in [-0.05, 0) is 38.4 Å². The predicted octanol–water partition coefficient (Wildman–Crippen LogP) is 1.91. The first-order valence-electron chi connectivity index (χ1n) is 5.95. The summed E-state index contributed by atoms with van der Waals surface area (Å²) in [7, 11) is 4.11. The lowest BCUT2D eigenvalue weighted by atomic mass is 9.77. The highest BCUT2D eigenvalue weighted by atomic mass is 15.3. The molecule has 2 atom stereocenters. The van der Waals surface area contributed by atoms with Crippen molar-refractivity contribution in [3.8, 4) is 0 Å². The molecule has 3 heteroatoms. The molecule has 0 spiro atoms. The molecular weight excluding hydrogens is 186 g/mol. The minimum atomic E-state index is 0.707. The summed E-state index contributed by atoms with van der Waals surface area (Å²) < 4.78 is 2.04. The van der Waals surface area contributed by atoms with Crippen LogP contribution in [0.25, 0.3) is 0 Å². The molecule has 1 aromatic heterocycles. The van der Waals surface area contributed by atoms with E-state index in [9.17, 15) is 0 Å².